The SMILES string of the molecule is Cc1ccc(-c2nnc(Cn3nc(-c4ccc5c(c4)OCCCO5)ccc3=O)o2)cc1. The summed E-state index contributed by atoms with van der Waals surface area (Å²) in [6.07, 6.45) is 0.835. The largest absolute Gasteiger partial charge is 0.490 e. The summed E-state index contributed by atoms with van der Waals surface area (Å²) in [5.41, 5.74) is 3.17. The van der Waals surface area contributed by atoms with Gasteiger partial charge >= 0.3 is 0 Å². The molecule has 0 spiro atoms. The van der Waals surface area contributed by atoms with Crippen LogP contribution in [0.3, 0.4) is 0 Å². The Morgan fingerprint density at radius 2 is 1.68 bits per heavy atom. The molecule has 1 aliphatic rings. The molecule has 2 aromatic carbocycles. The molecule has 156 valence electrons. The summed E-state index contributed by atoms with van der Waals surface area (Å²) < 4.78 is 18.5. The number of aryl methyl sites for hydroxylation is 1. The molecular formula is C23H20N4O4. The van der Waals surface area contributed by atoms with Crippen molar-refractivity contribution in [3.8, 4) is 34.2 Å². The van der Waals surface area contributed by atoms with Crippen LogP contribution in [-0.2, 0) is 6.54 Å². The van der Waals surface area contributed by atoms with Crippen molar-refractivity contribution in [2.75, 3.05) is 13.2 Å². The van der Waals surface area contributed by atoms with Crippen LogP contribution in [0.15, 0.2) is 63.8 Å². The third kappa shape index (κ3) is 4.05. The standard InChI is InChI=1S/C23H20N4O4/c1-15-3-5-16(6-4-15)23-25-24-21(31-23)14-27-22(28)10-8-18(26-27)17-7-9-19-20(13-17)30-12-2-11-29-19/h3-10,13H,2,11-12,14H2,1H3. The van der Waals surface area contributed by atoms with Gasteiger partial charge in [0.15, 0.2) is 11.5 Å². The van der Waals surface area contributed by atoms with Gasteiger partial charge in [0, 0.05) is 23.6 Å². The van der Waals surface area contributed by atoms with Crippen molar-refractivity contribution >= 4 is 0 Å². The molecule has 8 nitrogen and oxygen atoms in total. The zero-order valence-corrected chi connectivity index (χ0v) is 16.9. The molecule has 5 rings (SSSR count). The van der Waals surface area contributed by atoms with Crippen LogP contribution in [0.2, 0.25) is 0 Å². The van der Waals surface area contributed by atoms with Crippen LogP contribution < -0.4 is 15.0 Å². The molecule has 0 saturated heterocycles. The summed E-state index contributed by atoms with van der Waals surface area (Å²) in [5.74, 6) is 2.10. The highest BCUT2D eigenvalue weighted by Crippen LogP contribution is 2.33. The Hall–Kier alpha value is -3.94. The van der Waals surface area contributed by atoms with Crippen LogP contribution in [0.5, 0.6) is 11.5 Å². The van der Waals surface area contributed by atoms with Gasteiger partial charge in [-0.3, -0.25) is 4.79 Å². The summed E-state index contributed by atoms with van der Waals surface area (Å²) in [6, 6.07) is 16.6. The smallest absolute Gasteiger partial charge is 0.267 e. The van der Waals surface area contributed by atoms with E-state index in [0.717, 1.165) is 23.1 Å². The Labute approximate surface area is 178 Å². The lowest BCUT2D eigenvalue weighted by molar-refractivity contribution is 0.297. The zero-order valence-electron chi connectivity index (χ0n) is 16.9. The minimum Gasteiger partial charge on any atom is -0.490 e. The van der Waals surface area contributed by atoms with Gasteiger partial charge in [-0.15, -0.1) is 10.2 Å². The van der Waals surface area contributed by atoms with Gasteiger partial charge in [0.25, 0.3) is 5.56 Å². The molecule has 0 bridgehead atoms. The van der Waals surface area contributed by atoms with Gasteiger partial charge in [-0.2, -0.15) is 5.10 Å². The van der Waals surface area contributed by atoms with Crippen molar-refractivity contribution in [3.05, 3.63) is 76.4 Å². The van der Waals surface area contributed by atoms with E-state index in [0.29, 0.717) is 42.2 Å². The van der Waals surface area contributed by atoms with E-state index in [2.05, 4.69) is 15.3 Å². The second-order valence-electron chi connectivity index (χ2n) is 7.29. The maximum Gasteiger partial charge on any atom is 0.267 e. The van der Waals surface area contributed by atoms with Crippen LogP contribution in [0.25, 0.3) is 22.7 Å². The van der Waals surface area contributed by atoms with Crippen molar-refractivity contribution in [1.82, 2.24) is 20.0 Å². The van der Waals surface area contributed by atoms with Crippen molar-refractivity contribution in [2.45, 2.75) is 19.9 Å². The van der Waals surface area contributed by atoms with Crippen molar-refractivity contribution in [2.24, 2.45) is 0 Å². The van der Waals surface area contributed by atoms with Gasteiger partial charge in [0.05, 0.1) is 18.9 Å². The van der Waals surface area contributed by atoms with Gasteiger partial charge < -0.3 is 13.9 Å². The van der Waals surface area contributed by atoms with E-state index in [9.17, 15) is 4.79 Å². The number of rotatable bonds is 4. The molecule has 31 heavy (non-hydrogen) atoms. The number of benzene rings is 2. The van der Waals surface area contributed by atoms with E-state index >= 15 is 0 Å². The number of ether oxygens (including phenoxy) is 2. The molecule has 0 N–H and O–H groups in total. The first kappa shape index (κ1) is 19.0. The monoisotopic (exact) mass is 416 g/mol. The van der Waals surface area contributed by atoms with Gasteiger partial charge in [-0.25, -0.2) is 4.68 Å². The molecule has 2 aromatic heterocycles. The molecule has 0 atom stereocenters. The first-order valence-electron chi connectivity index (χ1n) is 10.0. The maximum atomic E-state index is 12.4. The molecule has 0 unspecified atom stereocenters. The highest BCUT2D eigenvalue weighted by atomic mass is 16.5. The lowest BCUT2D eigenvalue weighted by Gasteiger charge is -2.10. The number of hydrogen-bond donors (Lipinski definition) is 0. The molecule has 0 saturated carbocycles. The first-order valence-corrected chi connectivity index (χ1v) is 10.0. The summed E-state index contributed by atoms with van der Waals surface area (Å²) in [7, 11) is 0. The fraction of sp³-hybridized carbons (Fsp3) is 0.217. The van der Waals surface area contributed by atoms with Crippen LogP contribution >= 0.6 is 0 Å². The van der Waals surface area contributed by atoms with E-state index in [1.54, 1.807) is 6.07 Å². The van der Waals surface area contributed by atoms with E-state index < -0.39 is 0 Å². The number of aromatic nitrogens is 4. The van der Waals surface area contributed by atoms with Crippen molar-refractivity contribution in [3.63, 3.8) is 0 Å². The highest BCUT2D eigenvalue weighted by Gasteiger charge is 2.14. The average Bonchev–Trinajstić information content (AvgIpc) is 3.11. The van der Waals surface area contributed by atoms with Gasteiger partial charge in [0.1, 0.15) is 6.54 Å². The maximum absolute atomic E-state index is 12.4. The highest BCUT2D eigenvalue weighted by molar-refractivity contribution is 5.63. The summed E-state index contributed by atoms with van der Waals surface area (Å²) in [4.78, 5) is 12.4. The van der Waals surface area contributed by atoms with Gasteiger partial charge in [-0.05, 0) is 43.3 Å². The molecule has 0 aliphatic carbocycles. The molecule has 0 amide bonds. The quantitative estimate of drug-likeness (QED) is 0.503. The summed E-state index contributed by atoms with van der Waals surface area (Å²) >= 11 is 0. The molecular weight excluding hydrogens is 396 g/mol. The zero-order chi connectivity index (χ0) is 21.2. The number of fused-ring (bicyclic) bond motifs is 1. The Kier molecular flexibility index (Phi) is 4.95. The molecule has 0 fully saturated rings. The second-order valence-corrected chi connectivity index (χ2v) is 7.29. The van der Waals surface area contributed by atoms with Crippen LogP contribution in [-0.4, -0.2) is 33.2 Å². The Morgan fingerprint density at radius 1 is 0.903 bits per heavy atom. The topological polar surface area (TPSA) is 92.3 Å². The van der Waals surface area contributed by atoms with Crippen molar-refractivity contribution < 1.29 is 13.9 Å². The summed E-state index contributed by atoms with van der Waals surface area (Å²) in [5, 5.41) is 12.6. The van der Waals surface area contributed by atoms with E-state index in [1.165, 1.54) is 10.7 Å². The molecule has 1 aliphatic heterocycles. The fourth-order valence-corrected chi connectivity index (χ4v) is 3.30. The molecule has 0 radical (unpaired) electrons. The molecule has 8 heteroatoms. The lowest BCUT2D eigenvalue weighted by Crippen LogP contribution is -2.23. The normalized spacial score (nSPS) is 13.1. The van der Waals surface area contributed by atoms with E-state index in [1.807, 2.05) is 49.4 Å². The Bertz CT molecular complexity index is 1280. The third-order valence-corrected chi connectivity index (χ3v) is 4.96. The number of hydrogen-bond acceptors (Lipinski definition) is 7. The average molecular weight is 416 g/mol. The minimum atomic E-state index is -0.256. The predicted octanol–water partition coefficient (Wildman–Crippen LogP) is 3.48. The van der Waals surface area contributed by atoms with Crippen LogP contribution in [0, 0.1) is 6.92 Å². The van der Waals surface area contributed by atoms with Gasteiger partial charge in [0.2, 0.25) is 11.8 Å². The third-order valence-electron chi connectivity index (χ3n) is 4.96. The lowest BCUT2D eigenvalue weighted by atomic mass is 10.1. The van der Waals surface area contributed by atoms with Crippen molar-refractivity contribution in [1.29, 1.82) is 0 Å². The van der Waals surface area contributed by atoms with Gasteiger partial charge in [-0.1, -0.05) is 17.7 Å². The second kappa shape index (κ2) is 8.06. The molecule has 4 aromatic rings. The first-order chi connectivity index (χ1) is 15.2. The minimum absolute atomic E-state index is 0.0795. The Morgan fingerprint density at radius 3 is 2.52 bits per heavy atom. The number of nitrogens with zero attached hydrogens (tertiary/aromatic N) is 4. The van der Waals surface area contributed by atoms with E-state index in [4.69, 9.17) is 13.9 Å². The predicted molar refractivity (Wildman–Crippen MR) is 113 cm³/mol. The molecule has 3 heterocycles. The van der Waals surface area contributed by atoms with Crippen LogP contribution in [0.1, 0.15) is 17.9 Å². The fourth-order valence-electron chi connectivity index (χ4n) is 3.30. The Balaban J connectivity index is 1.41. The summed E-state index contributed by atoms with van der Waals surface area (Å²) in [6.45, 7) is 3.32. The van der Waals surface area contributed by atoms with Crippen LogP contribution in [0.4, 0.5) is 0 Å². The van der Waals surface area contributed by atoms with E-state index in [-0.39, 0.29) is 12.1 Å².